The standard InChI is InChI=1S/C28H29ClN8O2.C26H25ClN8O2.C3H2F6O2S/c1-4-35-9-11-36(12-10-35)20-7-5-19(6-8-20)32-28-30-16-18-13-23(27-34-31-17-37(27)26(18)33-28)22-14-21(38-2)15-24(39-3)25(22)29;1-36-19-12-20(23(27)22(13-19)37-2)21-11-16-14-29-26(32-24(16)35-15-30-33-25(21)35)31-17-3-5-18(6-4-17)34-9-7-28-8-10-34;4-2(5,6)1-12(10,11)3(7,8)9/h5-8,13-17H,4,9-12H2,1-3H3,(H,30,32,33);3-6,11-15,28H,7-10H2,1-2H3,(H,29,31,32);1H2. The van der Waals surface area contributed by atoms with Gasteiger partial charge in [-0.15, -0.1) is 20.4 Å². The van der Waals surface area contributed by atoms with Crippen LogP contribution in [-0.4, -0.2) is 167 Å². The topological polar surface area (TPSA) is 229 Å². The first-order chi connectivity index (χ1) is 42.2. The second kappa shape index (κ2) is 26.3. The predicted octanol–water partition coefficient (Wildman–Crippen LogP) is 10.5. The fourth-order valence-electron chi connectivity index (χ4n) is 9.84. The van der Waals surface area contributed by atoms with Crippen LogP contribution in [0.4, 0.5) is 61.0 Å². The summed E-state index contributed by atoms with van der Waals surface area (Å²) in [4.78, 5) is 26.0. The fourth-order valence-corrected chi connectivity index (χ4v) is 11.0. The van der Waals surface area contributed by atoms with E-state index in [4.69, 9.17) is 52.1 Å². The molecule has 10 aromatic rings. The van der Waals surface area contributed by atoms with Gasteiger partial charge in [-0.1, -0.05) is 30.1 Å². The lowest BCUT2D eigenvalue weighted by Gasteiger charge is -2.35. The van der Waals surface area contributed by atoms with E-state index in [1.54, 1.807) is 65.6 Å². The smallest absolute Gasteiger partial charge is 0.497 e. The molecule has 88 heavy (non-hydrogen) atoms. The molecule has 3 N–H and O–H groups in total. The molecule has 462 valence electrons. The first kappa shape index (κ1) is 62.3. The summed E-state index contributed by atoms with van der Waals surface area (Å²) < 4.78 is 113. The van der Waals surface area contributed by atoms with Crippen LogP contribution >= 0.6 is 23.2 Å². The molecule has 0 spiro atoms. The van der Waals surface area contributed by atoms with Crippen LogP contribution in [0.3, 0.4) is 0 Å². The maximum absolute atomic E-state index is 11.3. The van der Waals surface area contributed by atoms with E-state index >= 15 is 0 Å². The summed E-state index contributed by atoms with van der Waals surface area (Å²) in [7, 11) is 0.256. The van der Waals surface area contributed by atoms with Gasteiger partial charge in [0.1, 0.15) is 35.7 Å². The van der Waals surface area contributed by atoms with Crippen molar-refractivity contribution in [3.05, 3.63) is 120 Å². The molecule has 2 fully saturated rings. The van der Waals surface area contributed by atoms with Crippen molar-refractivity contribution in [2.75, 3.05) is 114 Å². The van der Waals surface area contributed by atoms with Gasteiger partial charge in [-0.25, -0.2) is 18.4 Å². The second-order valence-corrected chi connectivity index (χ2v) is 22.6. The number of hydrogen-bond donors (Lipinski definition) is 3. The number of likely N-dealkylation sites (N-methyl/N-ethyl adjacent to an activating group) is 1. The summed E-state index contributed by atoms with van der Waals surface area (Å²) in [5.74, 6) is 0.342. The zero-order valence-corrected chi connectivity index (χ0v) is 50.0. The molecule has 2 aliphatic heterocycles. The third-order valence-corrected chi connectivity index (χ3v) is 16.6. The third-order valence-electron chi connectivity index (χ3n) is 14.4. The minimum absolute atomic E-state index is 0.455. The molecule has 31 heteroatoms. The first-order valence-corrected chi connectivity index (χ1v) is 29.4. The Labute approximate surface area is 509 Å². The molecule has 2 saturated heterocycles. The number of methoxy groups -OCH3 is 4. The van der Waals surface area contributed by atoms with E-state index in [0.29, 0.717) is 78.7 Å². The van der Waals surface area contributed by atoms with Gasteiger partial charge in [0.2, 0.25) is 11.9 Å². The van der Waals surface area contributed by atoms with Crippen LogP contribution in [0.5, 0.6) is 23.0 Å². The number of halogens is 8. The van der Waals surface area contributed by atoms with Crippen LogP contribution < -0.4 is 44.7 Å². The summed E-state index contributed by atoms with van der Waals surface area (Å²) >= 11 is 13.4. The number of piperazine rings is 2. The number of ether oxygens (including phenoxy) is 4. The van der Waals surface area contributed by atoms with Crippen LogP contribution in [0, 0.1) is 0 Å². The minimum Gasteiger partial charge on any atom is -0.497 e. The molecular weight excluding hydrogens is 1220 g/mol. The molecule has 0 unspecified atom stereocenters. The van der Waals surface area contributed by atoms with Crippen molar-refractivity contribution in [3.8, 4) is 45.3 Å². The van der Waals surface area contributed by atoms with Crippen LogP contribution in [0.25, 0.3) is 55.6 Å². The van der Waals surface area contributed by atoms with E-state index in [1.165, 1.54) is 11.4 Å². The molecular formula is C57H56Cl2F6N16O6S. The third kappa shape index (κ3) is 13.8. The number of rotatable bonds is 14. The Kier molecular flexibility index (Phi) is 18.6. The number of hydrogen-bond acceptors (Lipinski definition) is 20. The van der Waals surface area contributed by atoms with Gasteiger partial charge in [-0.3, -0.25) is 8.80 Å². The Morgan fingerprint density at radius 2 is 1.00 bits per heavy atom. The molecule has 0 amide bonds. The van der Waals surface area contributed by atoms with Gasteiger partial charge >= 0.3 is 11.7 Å². The highest BCUT2D eigenvalue weighted by Gasteiger charge is 2.51. The van der Waals surface area contributed by atoms with Crippen molar-refractivity contribution in [2.24, 2.45) is 0 Å². The zero-order valence-electron chi connectivity index (χ0n) is 47.7. The molecule has 0 bridgehead atoms. The molecule has 0 atom stereocenters. The summed E-state index contributed by atoms with van der Waals surface area (Å²) in [5, 5.41) is 29.5. The van der Waals surface area contributed by atoms with Gasteiger partial charge in [0.25, 0.3) is 9.84 Å². The monoisotopic (exact) mass is 1280 g/mol. The van der Waals surface area contributed by atoms with Gasteiger partial charge < -0.3 is 49.6 Å². The minimum atomic E-state index is -6.08. The summed E-state index contributed by atoms with van der Waals surface area (Å²) in [5.41, 5.74) is 3.92. The van der Waals surface area contributed by atoms with Gasteiger partial charge in [0.15, 0.2) is 28.3 Å². The molecule has 2 aliphatic rings. The van der Waals surface area contributed by atoms with Crippen molar-refractivity contribution in [2.45, 2.75) is 18.6 Å². The van der Waals surface area contributed by atoms with E-state index in [2.05, 4.69) is 104 Å². The maximum atomic E-state index is 11.3. The first-order valence-electron chi connectivity index (χ1n) is 27.0. The lowest BCUT2D eigenvalue weighted by molar-refractivity contribution is -0.111. The van der Waals surface area contributed by atoms with Crippen LogP contribution in [0.1, 0.15) is 6.92 Å². The Morgan fingerprint density at radius 1 is 0.568 bits per heavy atom. The Hall–Kier alpha value is -8.77. The van der Waals surface area contributed by atoms with Crippen LogP contribution in [0.2, 0.25) is 10.0 Å². The number of fused-ring (bicyclic) bond motifs is 6. The number of benzene rings is 4. The largest absolute Gasteiger partial charge is 0.497 e. The Morgan fingerprint density at radius 3 is 1.38 bits per heavy atom. The van der Waals surface area contributed by atoms with E-state index in [9.17, 15) is 34.8 Å². The van der Waals surface area contributed by atoms with Crippen molar-refractivity contribution < 1.29 is 53.7 Å². The van der Waals surface area contributed by atoms with Crippen molar-refractivity contribution in [3.63, 3.8) is 0 Å². The summed E-state index contributed by atoms with van der Waals surface area (Å²) in [6, 6.07) is 27.8. The molecule has 12 rings (SSSR count). The van der Waals surface area contributed by atoms with E-state index in [0.717, 1.165) is 92.2 Å². The quantitative estimate of drug-likeness (QED) is 0.0860. The molecule has 4 aromatic carbocycles. The molecule has 0 saturated carbocycles. The lowest BCUT2D eigenvalue weighted by atomic mass is 10.0. The van der Waals surface area contributed by atoms with Gasteiger partial charge in [0.05, 0.1) is 38.5 Å². The van der Waals surface area contributed by atoms with Gasteiger partial charge in [0, 0.05) is 133 Å². The van der Waals surface area contributed by atoms with Crippen LogP contribution in [0.15, 0.2) is 110 Å². The number of pyridine rings is 2. The van der Waals surface area contributed by atoms with Gasteiger partial charge in [-0.2, -0.15) is 36.3 Å². The molecule has 0 radical (unpaired) electrons. The highest BCUT2D eigenvalue weighted by atomic mass is 35.5. The molecule has 22 nitrogen and oxygen atoms in total. The summed E-state index contributed by atoms with van der Waals surface area (Å²) in [6.07, 6.45) is 1.45. The normalized spacial score (nSPS) is 14.1. The molecule has 8 heterocycles. The lowest BCUT2D eigenvalue weighted by Crippen LogP contribution is -2.46. The maximum Gasteiger partial charge on any atom is 0.497 e. The van der Waals surface area contributed by atoms with E-state index in [1.807, 2.05) is 45.2 Å². The van der Waals surface area contributed by atoms with E-state index in [-0.39, 0.29) is 0 Å². The zero-order chi connectivity index (χ0) is 62.5. The number of nitrogens with zero attached hydrogens (tertiary/aromatic N) is 13. The number of anilines is 6. The van der Waals surface area contributed by atoms with E-state index < -0.39 is 27.3 Å². The van der Waals surface area contributed by atoms with Crippen molar-refractivity contribution in [1.29, 1.82) is 0 Å². The Balaban J connectivity index is 0.000000165. The highest BCUT2D eigenvalue weighted by molar-refractivity contribution is 7.92. The number of alkyl halides is 6. The SMILES string of the molecule is CCN1CCN(c2ccc(Nc3ncc4cc(-c5cc(OC)cc(OC)c5Cl)c5nncn5c4n3)cc2)CC1.COc1cc(OC)c(Cl)c(-c2cc3cnc(Nc4ccc(N5CCNCC5)cc4)nc3n3cnnc23)c1.O=S(=O)(CC(F)(F)F)C(F)(F)F. The average molecular weight is 1280 g/mol. The molecule has 6 aromatic heterocycles. The fraction of sp³-hybridized carbons (Fsp3) is 0.298. The second-order valence-electron chi connectivity index (χ2n) is 19.8. The van der Waals surface area contributed by atoms with Gasteiger partial charge in [-0.05, 0) is 79.3 Å². The van der Waals surface area contributed by atoms with Crippen molar-refractivity contribution in [1.82, 2.24) is 59.3 Å². The number of sulfone groups is 1. The highest BCUT2D eigenvalue weighted by Crippen LogP contribution is 2.43. The van der Waals surface area contributed by atoms with Crippen molar-refractivity contribution >= 4 is 101 Å². The van der Waals surface area contributed by atoms with Crippen LogP contribution in [-0.2, 0) is 9.84 Å². The average Bonchev–Trinajstić information content (AvgIpc) is 1.56. The predicted molar refractivity (Wildman–Crippen MR) is 324 cm³/mol. The molecule has 0 aliphatic carbocycles. The number of aromatic nitrogens is 10. The summed E-state index contributed by atoms with van der Waals surface area (Å²) in [6.45, 7) is 11.6. The number of nitrogens with one attached hydrogen (secondary N) is 3. The Bertz CT molecular complexity index is 4230.